The maximum atomic E-state index is 15.1. The van der Waals surface area contributed by atoms with Gasteiger partial charge in [0.1, 0.15) is 17.2 Å². The number of aliphatic hydroxyl groups excluding tert-OH is 1. The van der Waals surface area contributed by atoms with Gasteiger partial charge in [0.05, 0.1) is 23.5 Å². The number of piperidine rings is 1. The Bertz CT molecular complexity index is 1320. The molecule has 0 unspecified atom stereocenters. The van der Waals surface area contributed by atoms with Gasteiger partial charge < -0.3 is 26.2 Å². The Morgan fingerprint density at radius 3 is 2.70 bits per heavy atom. The number of aromatic nitrogens is 2. The number of pyridine rings is 2. The number of nitrogens with zero attached hydrogens (tertiary/aromatic N) is 3. The molecule has 3 heterocycles. The van der Waals surface area contributed by atoms with Crippen LogP contribution in [0.25, 0.3) is 11.3 Å². The molecule has 1 fully saturated rings. The largest absolute Gasteiger partial charge is 0.488 e. The summed E-state index contributed by atoms with van der Waals surface area (Å²) in [7, 11) is 0. The second-order valence-electron chi connectivity index (χ2n) is 9.23. The number of ketones is 1. The molecule has 11 heteroatoms. The van der Waals surface area contributed by atoms with Crippen LogP contribution in [0.1, 0.15) is 36.3 Å². The predicted octanol–water partition coefficient (Wildman–Crippen LogP) is 3.25. The van der Waals surface area contributed by atoms with Gasteiger partial charge in [0, 0.05) is 55.3 Å². The first-order valence-electron chi connectivity index (χ1n) is 11.8. The number of Topliss-reactive ketones (excluding diaryl/α,β-unsaturated/α-hetero) is 1. The fraction of sp³-hybridized carbons (Fsp3) is 0.346. The second kappa shape index (κ2) is 10.7. The Hall–Kier alpha value is -3.70. The van der Waals surface area contributed by atoms with E-state index in [1.807, 2.05) is 4.90 Å². The molecule has 1 saturated heterocycles. The molecule has 37 heavy (non-hydrogen) atoms. The van der Waals surface area contributed by atoms with Gasteiger partial charge in [0.25, 0.3) is 0 Å². The van der Waals surface area contributed by atoms with Gasteiger partial charge in [-0.3, -0.25) is 9.78 Å². The highest BCUT2D eigenvalue weighted by atomic mass is 19.1. The van der Waals surface area contributed by atoms with Crippen LogP contribution in [-0.2, 0) is 6.42 Å². The van der Waals surface area contributed by atoms with Crippen molar-refractivity contribution in [2.45, 2.75) is 44.9 Å². The van der Waals surface area contributed by atoms with Crippen molar-refractivity contribution < 1.29 is 27.8 Å². The summed E-state index contributed by atoms with van der Waals surface area (Å²) in [5.74, 6) is -4.16. The van der Waals surface area contributed by atoms with Crippen molar-refractivity contribution in [3.8, 4) is 17.0 Å². The molecule has 0 aliphatic carbocycles. The molecule has 3 aromatic rings. The third-order valence-electron chi connectivity index (χ3n) is 6.11. The Morgan fingerprint density at radius 2 is 2.00 bits per heavy atom. The molecular formula is C26H28F3N5O3. The molecular weight excluding hydrogens is 487 g/mol. The van der Waals surface area contributed by atoms with E-state index in [0.717, 1.165) is 18.2 Å². The number of benzene rings is 1. The Labute approximate surface area is 212 Å². The summed E-state index contributed by atoms with van der Waals surface area (Å²) < 4.78 is 50.0. The first-order chi connectivity index (χ1) is 17.6. The molecule has 2 aromatic heterocycles. The second-order valence-corrected chi connectivity index (χ2v) is 9.23. The monoisotopic (exact) mass is 515 g/mol. The number of hydrogen-bond donors (Lipinski definition) is 3. The van der Waals surface area contributed by atoms with Crippen molar-refractivity contribution in [2.75, 3.05) is 23.7 Å². The van der Waals surface area contributed by atoms with Gasteiger partial charge in [-0.15, -0.1) is 0 Å². The Kier molecular flexibility index (Phi) is 7.65. The van der Waals surface area contributed by atoms with E-state index >= 15 is 4.39 Å². The highest BCUT2D eigenvalue weighted by molar-refractivity contribution is 6.01. The van der Waals surface area contributed by atoms with Gasteiger partial charge in [-0.05, 0) is 38.5 Å². The number of anilines is 2. The molecule has 1 aromatic carbocycles. The first-order valence-corrected chi connectivity index (χ1v) is 11.8. The van der Waals surface area contributed by atoms with Crippen molar-refractivity contribution in [1.82, 2.24) is 9.97 Å². The van der Waals surface area contributed by atoms with Crippen molar-refractivity contribution in [3.05, 3.63) is 65.4 Å². The van der Waals surface area contributed by atoms with Crippen LogP contribution in [0.15, 0.2) is 36.7 Å². The molecule has 0 amide bonds. The van der Waals surface area contributed by atoms with Gasteiger partial charge in [0.15, 0.2) is 23.2 Å². The number of aliphatic hydroxyl groups is 1. The zero-order valence-electron chi connectivity index (χ0n) is 20.4. The van der Waals surface area contributed by atoms with E-state index in [1.165, 1.54) is 6.20 Å². The SMILES string of the molecule is CC(C)Oc1ccc(F)c(-c2nc(C(=O)Cc3cnccc3N3CC[C@@H](O)[C@H](N)C3)c(N)cc2F)c1F. The van der Waals surface area contributed by atoms with Crippen molar-refractivity contribution >= 4 is 17.2 Å². The number of ether oxygens (including phenoxy) is 1. The highest BCUT2D eigenvalue weighted by Crippen LogP contribution is 2.34. The molecule has 1 aliphatic heterocycles. The average molecular weight is 516 g/mol. The van der Waals surface area contributed by atoms with E-state index < -0.39 is 52.7 Å². The van der Waals surface area contributed by atoms with Gasteiger partial charge >= 0.3 is 0 Å². The summed E-state index contributed by atoms with van der Waals surface area (Å²) in [6.45, 7) is 4.22. The molecule has 5 N–H and O–H groups in total. The number of rotatable bonds is 7. The van der Waals surface area contributed by atoms with E-state index in [9.17, 15) is 18.7 Å². The molecule has 2 atom stereocenters. The first kappa shape index (κ1) is 26.4. The zero-order chi connectivity index (χ0) is 26.9. The molecule has 1 aliphatic rings. The molecule has 8 nitrogen and oxygen atoms in total. The Morgan fingerprint density at radius 1 is 1.24 bits per heavy atom. The fourth-order valence-corrected chi connectivity index (χ4v) is 4.31. The zero-order valence-corrected chi connectivity index (χ0v) is 20.4. The van der Waals surface area contributed by atoms with E-state index in [2.05, 4.69) is 9.97 Å². The fourth-order valence-electron chi connectivity index (χ4n) is 4.31. The predicted molar refractivity (Wildman–Crippen MR) is 133 cm³/mol. The summed E-state index contributed by atoms with van der Waals surface area (Å²) >= 11 is 0. The van der Waals surface area contributed by atoms with Crippen molar-refractivity contribution in [3.63, 3.8) is 0 Å². The highest BCUT2D eigenvalue weighted by Gasteiger charge is 2.28. The molecule has 4 rings (SSSR count). The lowest BCUT2D eigenvalue weighted by Crippen LogP contribution is -2.51. The van der Waals surface area contributed by atoms with Crippen LogP contribution in [0.2, 0.25) is 0 Å². The molecule has 0 bridgehead atoms. The van der Waals surface area contributed by atoms with Gasteiger partial charge in [0.2, 0.25) is 0 Å². The number of halogens is 3. The minimum Gasteiger partial charge on any atom is -0.488 e. The van der Waals surface area contributed by atoms with Crippen LogP contribution in [0.3, 0.4) is 0 Å². The lowest BCUT2D eigenvalue weighted by Gasteiger charge is -2.36. The van der Waals surface area contributed by atoms with Crippen molar-refractivity contribution in [1.29, 1.82) is 0 Å². The van der Waals surface area contributed by atoms with E-state index in [0.29, 0.717) is 30.8 Å². The number of hydrogen-bond acceptors (Lipinski definition) is 8. The summed E-state index contributed by atoms with van der Waals surface area (Å²) in [4.78, 5) is 23.3. The minimum absolute atomic E-state index is 0.207. The molecule has 0 saturated carbocycles. The minimum atomic E-state index is -1.14. The number of nitrogen functional groups attached to an aromatic ring is 1. The quantitative estimate of drug-likeness (QED) is 0.409. The topological polar surface area (TPSA) is 128 Å². The van der Waals surface area contributed by atoms with E-state index in [4.69, 9.17) is 16.2 Å². The maximum Gasteiger partial charge on any atom is 0.187 e. The van der Waals surface area contributed by atoms with Gasteiger partial charge in [-0.25, -0.2) is 18.2 Å². The van der Waals surface area contributed by atoms with Gasteiger partial charge in [-0.1, -0.05) is 0 Å². The van der Waals surface area contributed by atoms with Crippen LogP contribution in [0.5, 0.6) is 5.75 Å². The van der Waals surface area contributed by atoms with E-state index in [1.54, 1.807) is 26.1 Å². The lowest BCUT2D eigenvalue weighted by molar-refractivity contribution is 0.0988. The molecule has 0 spiro atoms. The van der Waals surface area contributed by atoms with Crippen LogP contribution in [-0.4, -0.2) is 52.2 Å². The Balaban J connectivity index is 1.69. The van der Waals surface area contributed by atoms with Crippen LogP contribution >= 0.6 is 0 Å². The third-order valence-corrected chi connectivity index (χ3v) is 6.11. The summed E-state index contributed by atoms with van der Waals surface area (Å²) in [6, 6.07) is 4.13. The summed E-state index contributed by atoms with van der Waals surface area (Å²) in [5.41, 5.74) is 11.1. The van der Waals surface area contributed by atoms with Crippen molar-refractivity contribution in [2.24, 2.45) is 5.73 Å². The number of nitrogens with two attached hydrogens (primary N) is 2. The summed E-state index contributed by atoms with van der Waals surface area (Å²) in [5, 5.41) is 9.95. The average Bonchev–Trinajstić information content (AvgIpc) is 2.84. The molecule has 0 radical (unpaired) electrons. The van der Waals surface area contributed by atoms with Crippen LogP contribution < -0.4 is 21.1 Å². The van der Waals surface area contributed by atoms with E-state index in [-0.39, 0.29) is 23.6 Å². The van der Waals surface area contributed by atoms with Gasteiger partial charge in [-0.2, -0.15) is 0 Å². The number of carbonyl (C=O) groups is 1. The van der Waals surface area contributed by atoms with Crippen LogP contribution in [0, 0.1) is 17.5 Å². The normalized spacial score (nSPS) is 17.8. The smallest absolute Gasteiger partial charge is 0.187 e. The standard InChI is InChI=1S/C26H28F3N5O3/c1-13(2)37-22-4-3-15(27)23(24(22)29)25-16(28)10-17(30)26(33-25)21(36)9-14-11-32-7-5-19(14)34-8-6-20(35)18(31)12-34/h3-5,7,10-11,13,18,20,35H,6,8-9,12,30-31H2,1-2H3/t18-,20-/m1/s1. The number of carbonyl (C=O) groups excluding carboxylic acids is 1. The third kappa shape index (κ3) is 5.52. The maximum absolute atomic E-state index is 15.1. The van der Waals surface area contributed by atoms with Crippen LogP contribution in [0.4, 0.5) is 24.5 Å². The lowest BCUT2D eigenvalue weighted by atomic mass is 9.99. The molecule has 196 valence electrons. The summed E-state index contributed by atoms with van der Waals surface area (Å²) in [6.07, 6.45) is 2.30.